The van der Waals surface area contributed by atoms with Crippen molar-refractivity contribution in [2.24, 2.45) is 0 Å². The highest BCUT2D eigenvalue weighted by Crippen LogP contribution is 2.25. The van der Waals surface area contributed by atoms with Crippen LogP contribution in [0.1, 0.15) is 41.9 Å². The second-order valence-corrected chi connectivity index (χ2v) is 15.2. The third kappa shape index (κ3) is 10.8. The summed E-state index contributed by atoms with van der Waals surface area (Å²) in [4.78, 5) is 53.2. The Morgan fingerprint density at radius 2 is 1.29 bits per heavy atom. The first kappa shape index (κ1) is 38.7. The number of hydrogen-bond donors (Lipinski definition) is 4. The van der Waals surface area contributed by atoms with E-state index in [-0.39, 0.29) is 22.6 Å². The molecule has 0 fully saturated rings. The minimum Gasteiger partial charge on any atom is -0.478 e. The van der Waals surface area contributed by atoms with Crippen LogP contribution in [0.15, 0.2) is 129 Å². The molecule has 0 amide bonds. The number of carboxylic acid groups (broad SMARTS) is 1. The van der Waals surface area contributed by atoms with Crippen LogP contribution in [-0.2, 0) is 25.7 Å². The minimum absolute atomic E-state index is 0.125. The number of aryl methyl sites for hydroxylation is 4. The number of carbonyl (C=O) groups excluding carboxylic acids is 1. The summed E-state index contributed by atoms with van der Waals surface area (Å²) < 4.78 is 12.4. The molecule has 0 aliphatic rings. The summed E-state index contributed by atoms with van der Waals surface area (Å²) >= 11 is 15.0. The molecule has 0 unspecified atom stereocenters. The van der Waals surface area contributed by atoms with Gasteiger partial charge in [0.25, 0.3) is 5.91 Å². The van der Waals surface area contributed by atoms with E-state index in [0.717, 1.165) is 55.5 Å². The van der Waals surface area contributed by atoms with E-state index in [0.29, 0.717) is 23.2 Å². The van der Waals surface area contributed by atoms with E-state index in [2.05, 4.69) is 29.7 Å². The lowest BCUT2D eigenvalue weighted by Gasteiger charge is -2.04. The predicted octanol–water partition coefficient (Wildman–Crippen LogP) is 8.26. The summed E-state index contributed by atoms with van der Waals surface area (Å²) in [6.07, 6.45) is 11.7. The molecule has 0 radical (unpaired) electrons. The van der Waals surface area contributed by atoms with Crippen LogP contribution in [0.3, 0.4) is 0 Å². The van der Waals surface area contributed by atoms with Gasteiger partial charge in [-0.1, -0.05) is 23.2 Å². The van der Waals surface area contributed by atoms with Crippen molar-refractivity contribution >= 4 is 57.8 Å². The molecule has 0 aliphatic carbocycles. The smallest absolute Gasteiger partial charge is 0.338 e. The summed E-state index contributed by atoms with van der Waals surface area (Å²) in [5.41, 5.74) is 4.87. The standard InChI is InChI=1S/C19H14ClN3O3S.C14H12ClN3OS.C5H4O3/c20-17-4-3-15(27-17)2-1-14-10-16(12-5-7-21-18(24)9-12)22-23(14)19(25)13-6-8-26-11-13;15-13-4-3-11(20-13)2-1-10-8-12(18-17-10)9-5-6-16-14(19)7-9;6-5(7)4-1-2-8-3-4/h3-11H,1-2H2,(H,21,24);3-8H,1-2H2,(H,16,19)(H,17,18);1-3H,(H,6,7). The van der Waals surface area contributed by atoms with E-state index in [9.17, 15) is 19.2 Å². The molecular weight excluding hydrogens is 787 g/mol. The third-order valence-electron chi connectivity index (χ3n) is 7.81. The molecule has 0 saturated carbocycles. The van der Waals surface area contributed by atoms with Gasteiger partial charge in [-0.15, -0.1) is 22.7 Å². The fourth-order valence-corrected chi connectivity index (χ4v) is 7.31. The maximum absolute atomic E-state index is 12.8. The zero-order valence-electron chi connectivity index (χ0n) is 28.5. The molecule has 0 saturated heterocycles. The number of pyridine rings is 2. The number of furan rings is 2. The number of aromatic nitrogens is 6. The molecule has 55 heavy (non-hydrogen) atoms. The highest BCUT2D eigenvalue weighted by atomic mass is 35.5. The lowest BCUT2D eigenvalue weighted by Crippen LogP contribution is -2.16. The van der Waals surface area contributed by atoms with E-state index in [1.807, 2.05) is 42.5 Å². The number of halogens is 2. The SMILES string of the molecule is O=C(O)c1ccoc1.O=C(c1ccoc1)n1nc(-c2cc[nH]c(=O)c2)cc1CCc1ccc(Cl)s1.O=c1cc(-c2cc(CCc3ccc(Cl)s3)[nH]n2)cc[nH]1. The first-order valence-electron chi connectivity index (χ1n) is 16.4. The first-order valence-corrected chi connectivity index (χ1v) is 18.8. The second-order valence-electron chi connectivity index (χ2n) is 11.6. The Hall–Kier alpha value is -6.00. The molecule has 0 aliphatic heterocycles. The van der Waals surface area contributed by atoms with Gasteiger partial charge in [0.15, 0.2) is 0 Å². The first-order chi connectivity index (χ1) is 26.6. The zero-order valence-corrected chi connectivity index (χ0v) is 31.7. The molecule has 4 N–H and O–H groups in total. The van der Waals surface area contributed by atoms with E-state index in [1.54, 1.807) is 41.9 Å². The molecule has 0 aromatic carbocycles. The van der Waals surface area contributed by atoms with Crippen LogP contribution in [0.25, 0.3) is 22.5 Å². The number of hydrogen-bond acceptors (Lipinski definition) is 10. The Balaban J connectivity index is 0.000000160. The monoisotopic (exact) mass is 816 g/mol. The van der Waals surface area contributed by atoms with Crippen molar-refractivity contribution in [1.29, 1.82) is 0 Å². The number of nitrogens with one attached hydrogen (secondary N) is 3. The third-order valence-corrected chi connectivity index (χ3v) is 10.4. The van der Waals surface area contributed by atoms with Crippen molar-refractivity contribution < 1.29 is 23.5 Å². The van der Waals surface area contributed by atoms with Crippen LogP contribution in [0.4, 0.5) is 0 Å². The van der Waals surface area contributed by atoms with Gasteiger partial charge in [-0.05, 0) is 86.3 Å². The highest BCUT2D eigenvalue weighted by molar-refractivity contribution is 7.16. The van der Waals surface area contributed by atoms with Gasteiger partial charge in [-0.3, -0.25) is 19.5 Å². The zero-order chi connectivity index (χ0) is 38.7. The van der Waals surface area contributed by atoms with Crippen LogP contribution in [0.2, 0.25) is 8.67 Å². The topological polar surface area (TPSA) is 193 Å². The number of nitrogens with zero attached hydrogens (tertiary/aromatic N) is 3. The van der Waals surface area contributed by atoms with Gasteiger partial charge in [0, 0.05) is 56.8 Å². The largest absolute Gasteiger partial charge is 0.478 e. The fourth-order valence-electron chi connectivity index (χ4n) is 5.14. The molecule has 8 aromatic heterocycles. The average Bonchev–Trinajstić information content (AvgIpc) is 4.02. The van der Waals surface area contributed by atoms with Crippen molar-refractivity contribution in [2.75, 3.05) is 0 Å². The van der Waals surface area contributed by atoms with Crippen LogP contribution < -0.4 is 11.1 Å². The summed E-state index contributed by atoms with van der Waals surface area (Å²) in [5.74, 6) is -1.24. The summed E-state index contributed by atoms with van der Waals surface area (Å²) in [7, 11) is 0. The van der Waals surface area contributed by atoms with Gasteiger partial charge in [-0.2, -0.15) is 10.2 Å². The van der Waals surface area contributed by atoms with Gasteiger partial charge in [0.05, 0.1) is 43.7 Å². The lowest BCUT2D eigenvalue weighted by molar-refractivity contribution is 0.0695. The van der Waals surface area contributed by atoms with Crippen LogP contribution in [0, 0.1) is 0 Å². The van der Waals surface area contributed by atoms with E-state index >= 15 is 0 Å². The quantitative estimate of drug-likeness (QED) is 0.105. The molecule has 13 nitrogen and oxygen atoms in total. The number of aromatic amines is 3. The summed E-state index contributed by atoms with van der Waals surface area (Å²) in [5, 5.41) is 19.9. The number of carboxylic acids is 1. The van der Waals surface area contributed by atoms with Gasteiger partial charge in [0.1, 0.15) is 12.5 Å². The average molecular weight is 818 g/mol. The molecule has 17 heteroatoms. The molecule has 0 atom stereocenters. The van der Waals surface area contributed by atoms with E-state index < -0.39 is 5.97 Å². The Kier molecular flexibility index (Phi) is 12.9. The number of aromatic carboxylic acids is 1. The molecule has 8 heterocycles. The van der Waals surface area contributed by atoms with Crippen molar-refractivity contribution in [3.63, 3.8) is 0 Å². The van der Waals surface area contributed by atoms with Gasteiger partial charge in [-0.25, -0.2) is 9.48 Å². The van der Waals surface area contributed by atoms with Gasteiger partial charge >= 0.3 is 5.97 Å². The Morgan fingerprint density at radius 1 is 0.709 bits per heavy atom. The second kappa shape index (κ2) is 18.4. The minimum atomic E-state index is -0.959. The van der Waals surface area contributed by atoms with E-state index in [4.69, 9.17) is 32.7 Å². The Labute approximate surface area is 329 Å². The fraction of sp³-hybridized carbons (Fsp3) is 0.105. The predicted molar refractivity (Wildman–Crippen MR) is 211 cm³/mol. The van der Waals surface area contributed by atoms with Crippen molar-refractivity contribution in [1.82, 2.24) is 29.9 Å². The maximum Gasteiger partial charge on any atom is 0.338 e. The molecule has 8 rings (SSSR count). The maximum atomic E-state index is 12.8. The molecule has 0 spiro atoms. The Bertz CT molecular complexity index is 2600. The number of carbonyl (C=O) groups is 2. The normalized spacial score (nSPS) is 10.7. The van der Waals surface area contributed by atoms with E-state index in [1.165, 1.54) is 58.1 Å². The van der Waals surface area contributed by atoms with Crippen LogP contribution in [0.5, 0.6) is 0 Å². The Morgan fingerprint density at radius 3 is 1.80 bits per heavy atom. The molecule has 0 bridgehead atoms. The molecule has 280 valence electrons. The van der Waals surface area contributed by atoms with Crippen LogP contribution >= 0.6 is 45.9 Å². The highest BCUT2D eigenvalue weighted by Gasteiger charge is 2.18. The summed E-state index contributed by atoms with van der Waals surface area (Å²) in [6.45, 7) is 0. The summed E-state index contributed by atoms with van der Waals surface area (Å²) in [6, 6.07) is 21.2. The van der Waals surface area contributed by atoms with Crippen LogP contribution in [-0.4, -0.2) is 46.9 Å². The van der Waals surface area contributed by atoms with Crippen molar-refractivity contribution in [3.05, 3.63) is 172 Å². The van der Waals surface area contributed by atoms with Crippen molar-refractivity contribution in [2.45, 2.75) is 25.7 Å². The van der Waals surface area contributed by atoms with Crippen molar-refractivity contribution in [3.8, 4) is 22.5 Å². The van der Waals surface area contributed by atoms with Gasteiger partial charge in [0.2, 0.25) is 11.1 Å². The number of thiophene rings is 2. The number of rotatable bonds is 10. The molecular formula is C38H30Cl2N6O7S2. The number of H-pyrrole nitrogens is 3. The van der Waals surface area contributed by atoms with Gasteiger partial charge < -0.3 is 23.9 Å². The molecule has 8 aromatic rings. The lowest BCUT2D eigenvalue weighted by atomic mass is 10.1.